The molecule has 0 atom stereocenters. The standard InChI is InChI=1S/C10H11/c1-8-4-2-5-9-6-3-7-10(8)9/h2,4-6H,3,7H2,1H3. The van der Waals surface area contributed by atoms with Crippen LogP contribution in [-0.4, -0.2) is 0 Å². The lowest BCUT2D eigenvalue weighted by Gasteiger charge is -2.00. The van der Waals surface area contributed by atoms with E-state index in [1.165, 1.54) is 24.0 Å². The Kier molecular flexibility index (Phi) is 1.26. The molecule has 0 amide bonds. The van der Waals surface area contributed by atoms with E-state index in [4.69, 9.17) is 0 Å². The van der Waals surface area contributed by atoms with Crippen molar-refractivity contribution in [3.63, 3.8) is 0 Å². The molecule has 0 fully saturated rings. The molecule has 1 aromatic rings. The number of aryl methyl sites for hydroxylation is 1. The highest BCUT2D eigenvalue weighted by molar-refractivity contribution is 5.42. The Morgan fingerprint density at radius 1 is 1.30 bits per heavy atom. The van der Waals surface area contributed by atoms with Gasteiger partial charge in [-0.3, -0.25) is 0 Å². The van der Waals surface area contributed by atoms with Crippen molar-refractivity contribution in [3.05, 3.63) is 41.3 Å². The van der Waals surface area contributed by atoms with E-state index >= 15 is 0 Å². The maximum atomic E-state index is 2.32. The number of fused-ring (bicyclic) bond motifs is 1. The summed E-state index contributed by atoms with van der Waals surface area (Å²) in [5.74, 6) is 0. The number of benzene rings is 1. The minimum absolute atomic E-state index is 1.24. The molecule has 10 heavy (non-hydrogen) atoms. The second kappa shape index (κ2) is 2.12. The Bertz CT molecular complexity index is 248. The van der Waals surface area contributed by atoms with Crippen molar-refractivity contribution in [3.8, 4) is 0 Å². The van der Waals surface area contributed by atoms with Crippen LogP contribution in [-0.2, 0) is 6.42 Å². The van der Waals surface area contributed by atoms with Crippen LogP contribution in [0.2, 0.25) is 0 Å². The zero-order chi connectivity index (χ0) is 6.97. The molecule has 0 saturated carbocycles. The van der Waals surface area contributed by atoms with Crippen LogP contribution in [0.4, 0.5) is 0 Å². The van der Waals surface area contributed by atoms with Gasteiger partial charge in [0.2, 0.25) is 0 Å². The van der Waals surface area contributed by atoms with Crippen LogP contribution in [0.25, 0.3) is 0 Å². The molecule has 0 N–H and O–H groups in total. The lowest BCUT2D eigenvalue weighted by molar-refractivity contribution is 1.02. The molecule has 0 heteroatoms. The van der Waals surface area contributed by atoms with Gasteiger partial charge in [-0.05, 0) is 42.9 Å². The highest BCUT2D eigenvalue weighted by atomic mass is 14.2. The highest BCUT2D eigenvalue weighted by Gasteiger charge is 2.11. The molecule has 0 aromatic heterocycles. The van der Waals surface area contributed by atoms with Gasteiger partial charge in [0.05, 0.1) is 0 Å². The minimum atomic E-state index is 1.24. The molecule has 0 heterocycles. The van der Waals surface area contributed by atoms with Crippen LogP contribution in [0.3, 0.4) is 0 Å². The highest BCUT2D eigenvalue weighted by Crippen LogP contribution is 2.25. The SMILES string of the molecule is Cc1cccc2c1CC[CH]2. The summed E-state index contributed by atoms with van der Waals surface area (Å²) in [6.07, 6.45) is 4.81. The van der Waals surface area contributed by atoms with Gasteiger partial charge < -0.3 is 0 Å². The summed E-state index contributed by atoms with van der Waals surface area (Å²) in [5.41, 5.74) is 4.47. The van der Waals surface area contributed by atoms with Crippen molar-refractivity contribution in [2.45, 2.75) is 19.8 Å². The van der Waals surface area contributed by atoms with Gasteiger partial charge in [0.25, 0.3) is 0 Å². The van der Waals surface area contributed by atoms with Gasteiger partial charge in [-0.25, -0.2) is 0 Å². The van der Waals surface area contributed by atoms with E-state index in [9.17, 15) is 0 Å². The summed E-state index contributed by atoms with van der Waals surface area (Å²) in [6.45, 7) is 2.19. The molecule has 0 aliphatic heterocycles. The zero-order valence-electron chi connectivity index (χ0n) is 6.22. The number of hydrogen-bond acceptors (Lipinski definition) is 0. The average Bonchev–Trinajstić information content (AvgIpc) is 2.36. The minimum Gasteiger partial charge on any atom is -0.0617 e. The molecule has 0 nitrogen and oxygen atoms in total. The monoisotopic (exact) mass is 131 g/mol. The Hall–Kier alpha value is -0.780. The van der Waals surface area contributed by atoms with E-state index in [1.807, 2.05) is 0 Å². The van der Waals surface area contributed by atoms with Gasteiger partial charge in [-0.15, -0.1) is 0 Å². The van der Waals surface area contributed by atoms with Crippen molar-refractivity contribution in [2.75, 3.05) is 0 Å². The Morgan fingerprint density at radius 3 is 3.00 bits per heavy atom. The quantitative estimate of drug-likeness (QED) is 0.507. The Morgan fingerprint density at radius 2 is 2.20 bits per heavy atom. The summed E-state index contributed by atoms with van der Waals surface area (Å²) in [6, 6.07) is 6.53. The molecule has 51 valence electrons. The lowest BCUT2D eigenvalue weighted by Crippen LogP contribution is -1.84. The third-order valence-corrected chi connectivity index (χ3v) is 2.21. The fourth-order valence-corrected chi connectivity index (χ4v) is 1.63. The zero-order valence-corrected chi connectivity index (χ0v) is 6.22. The summed E-state index contributed by atoms with van der Waals surface area (Å²) in [5, 5.41) is 0. The third-order valence-electron chi connectivity index (χ3n) is 2.21. The van der Waals surface area contributed by atoms with Gasteiger partial charge >= 0.3 is 0 Å². The van der Waals surface area contributed by atoms with E-state index in [2.05, 4.69) is 31.5 Å². The van der Waals surface area contributed by atoms with Crippen molar-refractivity contribution >= 4 is 0 Å². The van der Waals surface area contributed by atoms with Crippen molar-refractivity contribution in [1.29, 1.82) is 0 Å². The van der Waals surface area contributed by atoms with Crippen LogP contribution in [0, 0.1) is 13.3 Å². The average molecular weight is 131 g/mol. The van der Waals surface area contributed by atoms with Gasteiger partial charge in [-0.2, -0.15) is 0 Å². The lowest BCUT2D eigenvalue weighted by atomic mass is 10.1. The summed E-state index contributed by atoms with van der Waals surface area (Å²) in [7, 11) is 0. The Balaban J connectivity index is 2.59. The molecule has 1 aromatic carbocycles. The summed E-state index contributed by atoms with van der Waals surface area (Å²) >= 11 is 0. The first-order valence-electron chi connectivity index (χ1n) is 3.79. The van der Waals surface area contributed by atoms with E-state index in [1.54, 1.807) is 5.56 Å². The predicted octanol–water partition coefficient (Wildman–Crippen LogP) is 2.49. The molecule has 0 saturated heterocycles. The maximum Gasteiger partial charge on any atom is -0.00869 e. The molecule has 2 rings (SSSR count). The normalized spacial score (nSPS) is 15.3. The topological polar surface area (TPSA) is 0 Å². The molecule has 0 spiro atoms. The van der Waals surface area contributed by atoms with Crippen molar-refractivity contribution in [2.24, 2.45) is 0 Å². The van der Waals surface area contributed by atoms with Gasteiger partial charge in [0.15, 0.2) is 0 Å². The molecule has 0 unspecified atom stereocenters. The smallest absolute Gasteiger partial charge is 0.00869 e. The molecule has 1 aliphatic carbocycles. The fraction of sp³-hybridized carbons (Fsp3) is 0.300. The van der Waals surface area contributed by atoms with Crippen LogP contribution >= 0.6 is 0 Å². The number of rotatable bonds is 0. The first-order chi connectivity index (χ1) is 4.88. The van der Waals surface area contributed by atoms with Crippen LogP contribution in [0.1, 0.15) is 23.1 Å². The molecule has 1 radical (unpaired) electrons. The van der Waals surface area contributed by atoms with E-state index in [0.717, 1.165) is 0 Å². The van der Waals surface area contributed by atoms with Crippen LogP contribution in [0.15, 0.2) is 18.2 Å². The Labute approximate surface area is 61.9 Å². The predicted molar refractivity (Wildman–Crippen MR) is 42.9 cm³/mol. The number of hydrogen-bond donors (Lipinski definition) is 0. The van der Waals surface area contributed by atoms with Gasteiger partial charge in [-0.1, -0.05) is 18.2 Å². The second-order valence-electron chi connectivity index (χ2n) is 2.89. The van der Waals surface area contributed by atoms with Gasteiger partial charge in [0, 0.05) is 0 Å². The molecule has 1 aliphatic rings. The maximum absolute atomic E-state index is 2.32. The van der Waals surface area contributed by atoms with E-state index < -0.39 is 0 Å². The fourth-order valence-electron chi connectivity index (χ4n) is 1.63. The largest absolute Gasteiger partial charge is 0.0617 e. The van der Waals surface area contributed by atoms with Crippen molar-refractivity contribution < 1.29 is 0 Å². The van der Waals surface area contributed by atoms with E-state index in [-0.39, 0.29) is 0 Å². The van der Waals surface area contributed by atoms with Crippen molar-refractivity contribution in [1.82, 2.24) is 0 Å². The molecular weight excluding hydrogens is 120 g/mol. The van der Waals surface area contributed by atoms with E-state index in [0.29, 0.717) is 0 Å². The molecular formula is C10H11. The van der Waals surface area contributed by atoms with Crippen LogP contribution < -0.4 is 0 Å². The van der Waals surface area contributed by atoms with Gasteiger partial charge in [0.1, 0.15) is 0 Å². The third kappa shape index (κ3) is 0.756. The summed E-state index contributed by atoms with van der Waals surface area (Å²) in [4.78, 5) is 0. The first-order valence-corrected chi connectivity index (χ1v) is 3.79. The van der Waals surface area contributed by atoms with Crippen LogP contribution in [0.5, 0.6) is 0 Å². The second-order valence-corrected chi connectivity index (χ2v) is 2.89. The first kappa shape index (κ1) is 5.96. The summed E-state index contributed by atoms with van der Waals surface area (Å²) < 4.78 is 0. The molecule has 0 bridgehead atoms.